The predicted octanol–water partition coefficient (Wildman–Crippen LogP) is 0.328. The second kappa shape index (κ2) is 7.23. The zero-order valence-corrected chi connectivity index (χ0v) is 9.27. The van der Waals surface area contributed by atoms with Crippen LogP contribution in [-0.4, -0.2) is 47.2 Å². The molecule has 5 heteroatoms. The van der Waals surface area contributed by atoms with E-state index in [1.807, 2.05) is 0 Å². The second-order valence-corrected chi connectivity index (χ2v) is 3.60. The number of carbonyl (C=O) groups excluding carboxylic acids is 1. The molecule has 0 rings (SSSR count). The Bertz CT molecular complexity index is 217. The number of amides is 1. The molecule has 0 radical (unpaired) electrons. The first-order valence-electron chi connectivity index (χ1n) is 5.09. The van der Waals surface area contributed by atoms with E-state index in [9.17, 15) is 9.59 Å². The highest BCUT2D eigenvalue weighted by molar-refractivity contribution is 5.96. The number of unbranched alkanes of at least 4 members (excludes halogenated alkanes) is 2. The standard InChI is InChI=1S/C10H19NO4/c1-8(10(14)15)9(13)11(2)6-4-3-5-7-12/h8,12H,3-7H2,1-2H3,(H,14,15). The van der Waals surface area contributed by atoms with E-state index >= 15 is 0 Å². The van der Waals surface area contributed by atoms with Crippen LogP contribution < -0.4 is 0 Å². The first-order chi connectivity index (χ1) is 7.00. The van der Waals surface area contributed by atoms with Crippen molar-refractivity contribution in [3.63, 3.8) is 0 Å². The molecule has 0 aliphatic rings. The number of carbonyl (C=O) groups is 2. The molecule has 2 N–H and O–H groups in total. The van der Waals surface area contributed by atoms with Crippen LogP contribution in [0, 0.1) is 5.92 Å². The molecule has 1 amide bonds. The van der Waals surface area contributed by atoms with Crippen molar-refractivity contribution < 1.29 is 19.8 Å². The molecule has 15 heavy (non-hydrogen) atoms. The maximum Gasteiger partial charge on any atom is 0.315 e. The third-order valence-electron chi connectivity index (χ3n) is 2.27. The smallest absolute Gasteiger partial charge is 0.315 e. The molecule has 0 bridgehead atoms. The van der Waals surface area contributed by atoms with Crippen molar-refractivity contribution in [2.45, 2.75) is 26.2 Å². The number of hydrogen-bond acceptors (Lipinski definition) is 3. The normalized spacial score (nSPS) is 12.2. The Morgan fingerprint density at radius 3 is 2.33 bits per heavy atom. The predicted molar refractivity (Wildman–Crippen MR) is 55.4 cm³/mol. The minimum atomic E-state index is -1.10. The van der Waals surface area contributed by atoms with Crippen molar-refractivity contribution in [3.8, 4) is 0 Å². The van der Waals surface area contributed by atoms with Gasteiger partial charge in [-0.2, -0.15) is 0 Å². The van der Waals surface area contributed by atoms with Crippen molar-refractivity contribution in [2.24, 2.45) is 5.92 Å². The molecule has 0 aliphatic heterocycles. The Balaban J connectivity index is 3.83. The lowest BCUT2D eigenvalue weighted by molar-refractivity contribution is -0.149. The van der Waals surface area contributed by atoms with E-state index in [1.54, 1.807) is 7.05 Å². The number of carboxylic acid groups (broad SMARTS) is 1. The Morgan fingerprint density at radius 1 is 1.27 bits per heavy atom. The zero-order valence-electron chi connectivity index (χ0n) is 9.27. The highest BCUT2D eigenvalue weighted by Crippen LogP contribution is 2.03. The Labute approximate surface area is 89.7 Å². The molecular weight excluding hydrogens is 198 g/mol. The van der Waals surface area contributed by atoms with Gasteiger partial charge in [0.25, 0.3) is 0 Å². The highest BCUT2D eigenvalue weighted by Gasteiger charge is 2.23. The first kappa shape index (κ1) is 13.9. The number of carboxylic acids is 1. The molecule has 1 atom stereocenters. The van der Waals surface area contributed by atoms with Crippen LogP contribution in [-0.2, 0) is 9.59 Å². The van der Waals surface area contributed by atoms with Gasteiger partial charge >= 0.3 is 5.97 Å². The van der Waals surface area contributed by atoms with Crippen molar-refractivity contribution in [3.05, 3.63) is 0 Å². The summed E-state index contributed by atoms with van der Waals surface area (Å²) in [5.41, 5.74) is 0. The summed E-state index contributed by atoms with van der Waals surface area (Å²) in [6.45, 7) is 2.08. The van der Waals surface area contributed by atoms with E-state index in [2.05, 4.69) is 0 Å². The SMILES string of the molecule is CC(C(=O)O)C(=O)N(C)CCCCCO. The van der Waals surface area contributed by atoms with Gasteiger partial charge in [0.15, 0.2) is 0 Å². The average molecular weight is 217 g/mol. The molecule has 0 aliphatic carbocycles. The fourth-order valence-electron chi connectivity index (χ4n) is 1.18. The topological polar surface area (TPSA) is 77.8 Å². The third-order valence-corrected chi connectivity index (χ3v) is 2.27. The van der Waals surface area contributed by atoms with E-state index < -0.39 is 11.9 Å². The number of nitrogens with zero attached hydrogens (tertiary/aromatic N) is 1. The Morgan fingerprint density at radius 2 is 1.87 bits per heavy atom. The molecule has 88 valence electrons. The third kappa shape index (κ3) is 5.37. The van der Waals surface area contributed by atoms with Crippen molar-refractivity contribution in [1.82, 2.24) is 4.90 Å². The number of aliphatic hydroxyl groups is 1. The summed E-state index contributed by atoms with van der Waals surface area (Å²) in [5, 5.41) is 17.2. The van der Waals surface area contributed by atoms with E-state index in [4.69, 9.17) is 10.2 Å². The maximum absolute atomic E-state index is 11.4. The van der Waals surface area contributed by atoms with Gasteiger partial charge in [0.2, 0.25) is 5.91 Å². The van der Waals surface area contributed by atoms with Gasteiger partial charge in [-0.1, -0.05) is 0 Å². The van der Waals surface area contributed by atoms with E-state index in [0.717, 1.165) is 19.3 Å². The lowest BCUT2D eigenvalue weighted by atomic mass is 10.1. The van der Waals surface area contributed by atoms with E-state index in [-0.39, 0.29) is 12.5 Å². The number of aliphatic carboxylic acids is 1. The van der Waals surface area contributed by atoms with Crippen LogP contribution in [0.5, 0.6) is 0 Å². The summed E-state index contributed by atoms with van der Waals surface area (Å²) in [5.74, 6) is -2.44. The van der Waals surface area contributed by atoms with E-state index in [0.29, 0.717) is 6.54 Å². The summed E-state index contributed by atoms with van der Waals surface area (Å²) in [4.78, 5) is 23.4. The fourth-order valence-corrected chi connectivity index (χ4v) is 1.18. The molecule has 0 fully saturated rings. The van der Waals surface area contributed by atoms with Gasteiger partial charge in [-0.15, -0.1) is 0 Å². The van der Waals surface area contributed by atoms with Gasteiger partial charge in [0.05, 0.1) is 0 Å². The minimum absolute atomic E-state index is 0.156. The second-order valence-electron chi connectivity index (χ2n) is 3.60. The van der Waals surface area contributed by atoms with Gasteiger partial charge in [-0.3, -0.25) is 9.59 Å². The summed E-state index contributed by atoms with van der Waals surface area (Å²) >= 11 is 0. The molecule has 0 heterocycles. The molecule has 0 aromatic heterocycles. The number of rotatable bonds is 7. The fraction of sp³-hybridized carbons (Fsp3) is 0.800. The Kier molecular flexibility index (Phi) is 6.70. The van der Waals surface area contributed by atoms with Crippen molar-refractivity contribution in [1.29, 1.82) is 0 Å². The van der Waals surface area contributed by atoms with Crippen LogP contribution in [0.25, 0.3) is 0 Å². The molecule has 0 spiro atoms. The van der Waals surface area contributed by atoms with Crippen molar-refractivity contribution in [2.75, 3.05) is 20.2 Å². The van der Waals surface area contributed by atoms with Gasteiger partial charge in [-0.25, -0.2) is 0 Å². The molecule has 0 aromatic carbocycles. The summed E-state index contributed by atoms with van der Waals surface area (Å²) in [6, 6.07) is 0. The van der Waals surface area contributed by atoms with Crippen LogP contribution >= 0.6 is 0 Å². The van der Waals surface area contributed by atoms with Gasteiger partial charge in [0.1, 0.15) is 5.92 Å². The largest absolute Gasteiger partial charge is 0.481 e. The lowest BCUT2D eigenvalue weighted by Gasteiger charge is -2.19. The number of hydrogen-bond donors (Lipinski definition) is 2. The molecule has 1 unspecified atom stereocenters. The number of aliphatic hydroxyl groups excluding tert-OH is 1. The quantitative estimate of drug-likeness (QED) is 0.476. The summed E-state index contributed by atoms with van der Waals surface area (Å²) in [6.07, 6.45) is 2.35. The van der Waals surface area contributed by atoms with Gasteiger partial charge in [0, 0.05) is 20.2 Å². The van der Waals surface area contributed by atoms with Crippen LogP contribution in [0.3, 0.4) is 0 Å². The minimum Gasteiger partial charge on any atom is -0.481 e. The molecule has 0 aromatic rings. The van der Waals surface area contributed by atoms with E-state index in [1.165, 1.54) is 11.8 Å². The average Bonchev–Trinajstić information content (AvgIpc) is 2.21. The van der Waals surface area contributed by atoms with Crippen LogP contribution in [0.4, 0.5) is 0 Å². The molecule has 0 saturated carbocycles. The van der Waals surface area contributed by atoms with Gasteiger partial charge in [-0.05, 0) is 26.2 Å². The lowest BCUT2D eigenvalue weighted by Crippen LogP contribution is -2.35. The van der Waals surface area contributed by atoms with Crippen LogP contribution in [0.2, 0.25) is 0 Å². The summed E-state index contributed by atoms with van der Waals surface area (Å²) in [7, 11) is 1.60. The first-order valence-corrected chi connectivity index (χ1v) is 5.09. The van der Waals surface area contributed by atoms with Crippen LogP contribution in [0.1, 0.15) is 26.2 Å². The maximum atomic E-state index is 11.4. The van der Waals surface area contributed by atoms with Crippen molar-refractivity contribution >= 4 is 11.9 Å². The molecule has 5 nitrogen and oxygen atoms in total. The van der Waals surface area contributed by atoms with Gasteiger partial charge < -0.3 is 15.1 Å². The monoisotopic (exact) mass is 217 g/mol. The zero-order chi connectivity index (χ0) is 11.8. The Hall–Kier alpha value is -1.10. The molecular formula is C10H19NO4. The van der Waals surface area contributed by atoms with Crippen LogP contribution in [0.15, 0.2) is 0 Å². The molecule has 0 saturated heterocycles. The highest BCUT2D eigenvalue weighted by atomic mass is 16.4. The summed E-state index contributed by atoms with van der Waals surface area (Å²) < 4.78 is 0.